The van der Waals surface area contributed by atoms with Crippen molar-refractivity contribution >= 4 is 5.91 Å². The van der Waals surface area contributed by atoms with Gasteiger partial charge in [-0.25, -0.2) is 0 Å². The Kier molecular flexibility index (Phi) is 52.6. The third-order valence-electron chi connectivity index (χ3n) is 16.2. The summed E-state index contributed by atoms with van der Waals surface area (Å²) in [7, 11) is 0. The molecule has 0 spiro atoms. The van der Waals surface area contributed by atoms with E-state index in [-0.39, 0.29) is 6.61 Å². The van der Waals surface area contributed by atoms with Crippen LogP contribution in [0.15, 0.2) is 12.2 Å². The predicted octanol–water partition coefficient (Wildman–Crippen LogP) is 16.1. The second-order valence-corrected chi connectivity index (χ2v) is 23.4. The molecule has 1 heterocycles. The van der Waals surface area contributed by atoms with Crippen LogP contribution in [0.5, 0.6) is 0 Å². The van der Waals surface area contributed by atoms with Crippen molar-refractivity contribution < 1.29 is 44.9 Å². The first-order chi connectivity index (χ1) is 36.8. The Morgan fingerprint density at radius 3 is 1.08 bits per heavy atom. The van der Waals surface area contributed by atoms with Crippen molar-refractivity contribution in [1.82, 2.24) is 5.32 Å². The minimum Gasteiger partial charge on any atom is -0.394 e. The molecule has 10 nitrogen and oxygen atoms in total. The van der Waals surface area contributed by atoms with E-state index in [0.717, 1.165) is 44.9 Å². The van der Waals surface area contributed by atoms with Crippen molar-refractivity contribution in [2.24, 2.45) is 0 Å². The van der Waals surface area contributed by atoms with Crippen LogP contribution >= 0.6 is 0 Å². The van der Waals surface area contributed by atoms with Crippen molar-refractivity contribution in [2.45, 2.75) is 384 Å². The highest BCUT2D eigenvalue weighted by Gasteiger charge is 2.44. The van der Waals surface area contributed by atoms with Crippen LogP contribution in [-0.4, -0.2) is 98.7 Å². The third-order valence-corrected chi connectivity index (χ3v) is 16.2. The van der Waals surface area contributed by atoms with Crippen LogP contribution in [0.25, 0.3) is 0 Å². The number of hydrogen-bond acceptors (Lipinski definition) is 9. The van der Waals surface area contributed by atoms with E-state index in [4.69, 9.17) is 9.47 Å². The number of hydrogen-bond donors (Lipinski definition) is 7. The molecule has 0 aromatic rings. The maximum absolute atomic E-state index is 13.2. The molecule has 1 rings (SSSR count). The lowest BCUT2D eigenvalue weighted by Crippen LogP contribution is -2.60. The van der Waals surface area contributed by atoms with Crippen LogP contribution < -0.4 is 5.32 Å². The van der Waals surface area contributed by atoms with Gasteiger partial charge in [-0.2, -0.15) is 0 Å². The van der Waals surface area contributed by atoms with Crippen molar-refractivity contribution in [3.05, 3.63) is 12.2 Å². The van der Waals surface area contributed by atoms with Gasteiger partial charge in [0.1, 0.15) is 30.5 Å². The van der Waals surface area contributed by atoms with Crippen molar-refractivity contribution in [2.75, 3.05) is 13.2 Å². The van der Waals surface area contributed by atoms with Crippen molar-refractivity contribution in [3.63, 3.8) is 0 Å². The van der Waals surface area contributed by atoms with Crippen LogP contribution in [0.4, 0.5) is 0 Å². The van der Waals surface area contributed by atoms with Gasteiger partial charge >= 0.3 is 0 Å². The molecular weight excluding hydrogens is 939 g/mol. The molecule has 446 valence electrons. The summed E-state index contributed by atoms with van der Waals surface area (Å²) in [6, 6.07) is -0.891. The highest BCUT2D eigenvalue weighted by molar-refractivity contribution is 5.80. The lowest BCUT2D eigenvalue weighted by Gasteiger charge is -2.40. The Bertz CT molecular complexity index is 1210. The van der Waals surface area contributed by atoms with E-state index in [9.17, 15) is 35.4 Å². The Balaban J connectivity index is 2.08. The summed E-state index contributed by atoms with van der Waals surface area (Å²) in [6.07, 6.45) is 58.9. The normalized spacial score (nSPS) is 19.3. The predicted molar refractivity (Wildman–Crippen MR) is 315 cm³/mol. The quantitative estimate of drug-likeness (QED) is 0.0232. The second-order valence-electron chi connectivity index (χ2n) is 23.4. The fraction of sp³-hybridized carbons (Fsp3) is 0.954. The lowest BCUT2D eigenvalue weighted by molar-refractivity contribution is -0.302. The fourth-order valence-electron chi connectivity index (χ4n) is 10.9. The topological polar surface area (TPSA) is 169 Å². The van der Waals surface area contributed by atoms with Crippen LogP contribution in [0.2, 0.25) is 0 Å². The summed E-state index contributed by atoms with van der Waals surface area (Å²) in [5, 5.41) is 65.3. The molecule has 8 unspecified atom stereocenters. The van der Waals surface area contributed by atoms with Crippen molar-refractivity contribution in [1.29, 1.82) is 0 Å². The Morgan fingerprint density at radius 2 is 0.747 bits per heavy atom. The second kappa shape index (κ2) is 54.8. The number of carbonyl (C=O) groups excluding carboxylic acids is 1. The molecule has 0 bridgehead atoms. The van der Waals surface area contributed by atoms with E-state index in [0.29, 0.717) is 12.8 Å². The molecule has 8 atom stereocenters. The molecule has 75 heavy (non-hydrogen) atoms. The van der Waals surface area contributed by atoms with Gasteiger partial charge in [0, 0.05) is 0 Å². The number of aliphatic hydroxyl groups is 6. The van der Waals surface area contributed by atoms with Crippen LogP contribution in [0.3, 0.4) is 0 Å². The van der Waals surface area contributed by atoms with Crippen LogP contribution in [0, 0.1) is 0 Å². The van der Waals surface area contributed by atoms with E-state index in [2.05, 4.69) is 31.3 Å². The molecule has 1 saturated heterocycles. The van der Waals surface area contributed by atoms with Gasteiger partial charge in [0.2, 0.25) is 5.91 Å². The van der Waals surface area contributed by atoms with E-state index in [1.54, 1.807) is 0 Å². The zero-order valence-corrected chi connectivity index (χ0v) is 49.5. The van der Waals surface area contributed by atoms with E-state index in [1.807, 2.05) is 0 Å². The maximum Gasteiger partial charge on any atom is 0.249 e. The summed E-state index contributed by atoms with van der Waals surface area (Å²) in [4.78, 5) is 13.2. The van der Waals surface area contributed by atoms with Crippen molar-refractivity contribution in [3.8, 4) is 0 Å². The summed E-state index contributed by atoms with van der Waals surface area (Å²) in [5.74, 6) is -0.577. The fourth-order valence-corrected chi connectivity index (χ4v) is 10.9. The number of allylic oxidation sites excluding steroid dienone is 2. The number of nitrogens with one attached hydrogen (secondary N) is 1. The van der Waals surface area contributed by atoms with E-state index >= 15 is 0 Å². The minimum absolute atomic E-state index is 0.251. The van der Waals surface area contributed by atoms with Gasteiger partial charge in [0.15, 0.2) is 6.29 Å². The lowest BCUT2D eigenvalue weighted by atomic mass is 9.99. The molecule has 0 aromatic heterocycles. The first kappa shape index (κ1) is 71.9. The SMILES string of the molecule is CCCCCCCCCCCCCCCCCC/C=C\CCCCCCCCCCCCCCCCCCC(O)C(=O)NC(COC1OC(CO)C(O)C(O)C1O)C(O)CCCCCCCCCCCCCCCC. The molecule has 7 N–H and O–H groups in total. The van der Waals surface area contributed by atoms with Gasteiger partial charge in [0.05, 0.1) is 25.4 Å². The molecule has 10 heteroatoms. The smallest absolute Gasteiger partial charge is 0.249 e. The van der Waals surface area contributed by atoms with Crippen LogP contribution in [0.1, 0.15) is 335 Å². The molecular formula is C65H127NO9. The first-order valence-electron chi connectivity index (χ1n) is 33.0. The minimum atomic E-state index is -1.60. The summed E-state index contributed by atoms with van der Waals surface area (Å²) in [6.45, 7) is 3.71. The number of aliphatic hydroxyl groups excluding tert-OH is 6. The zero-order valence-electron chi connectivity index (χ0n) is 49.5. The molecule has 1 aliphatic heterocycles. The summed E-state index contributed by atoms with van der Waals surface area (Å²) < 4.78 is 11.2. The van der Waals surface area contributed by atoms with E-state index < -0.39 is 61.5 Å². The standard InChI is InChI=1S/C65H127NO9/c1-3-5-7-9-11-13-15-17-19-20-21-22-23-24-25-26-27-28-29-30-31-32-33-34-35-36-37-38-39-40-42-44-46-48-50-52-54-59(69)64(73)66-57(56-74-65-63(72)62(71)61(70)60(55-67)75-65)58(68)53-51-49-47-45-43-41-18-16-14-12-10-8-6-4-2/h28-29,57-63,65,67-72H,3-27,30-56H2,1-2H3,(H,66,73)/b29-28-. The molecule has 0 saturated carbocycles. The van der Waals surface area contributed by atoms with Gasteiger partial charge in [0.25, 0.3) is 0 Å². The van der Waals surface area contributed by atoms with Gasteiger partial charge < -0.3 is 45.4 Å². The number of ether oxygens (including phenoxy) is 2. The summed E-state index contributed by atoms with van der Waals surface area (Å²) >= 11 is 0. The molecule has 1 aliphatic rings. The van der Waals surface area contributed by atoms with Gasteiger partial charge in [-0.05, 0) is 38.5 Å². The number of unbranched alkanes of at least 4 members (excludes halogenated alkanes) is 45. The maximum atomic E-state index is 13.2. The zero-order chi connectivity index (χ0) is 54.5. The third kappa shape index (κ3) is 43.4. The molecule has 0 aromatic carbocycles. The van der Waals surface area contributed by atoms with E-state index in [1.165, 1.54) is 263 Å². The van der Waals surface area contributed by atoms with Crippen LogP contribution in [-0.2, 0) is 14.3 Å². The highest BCUT2D eigenvalue weighted by Crippen LogP contribution is 2.24. The average molecular weight is 1070 g/mol. The number of amides is 1. The largest absolute Gasteiger partial charge is 0.394 e. The number of rotatable bonds is 58. The molecule has 0 radical (unpaired) electrons. The highest BCUT2D eigenvalue weighted by atomic mass is 16.7. The number of carbonyl (C=O) groups is 1. The summed E-state index contributed by atoms with van der Waals surface area (Å²) in [5.41, 5.74) is 0. The van der Waals surface area contributed by atoms with Gasteiger partial charge in [-0.15, -0.1) is 0 Å². The Labute approximate surface area is 463 Å². The average Bonchev–Trinajstić information content (AvgIpc) is 3.41. The van der Waals surface area contributed by atoms with Gasteiger partial charge in [-0.3, -0.25) is 4.79 Å². The first-order valence-corrected chi connectivity index (χ1v) is 33.0. The Morgan fingerprint density at radius 1 is 0.440 bits per heavy atom. The Hall–Kier alpha value is -1.11. The molecule has 1 fully saturated rings. The van der Waals surface area contributed by atoms with Gasteiger partial charge in [-0.1, -0.05) is 309 Å². The molecule has 1 amide bonds. The monoisotopic (exact) mass is 1070 g/mol. The molecule has 0 aliphatic carbocycles.